The molecule has 0 aliphatic carbocycles. The Labute approximate surface area is 126 Å². The van der Waals surface area contributed by atoms with E-state index in [0.29, 0.717) is 0 Å². The van der Waals surface area contributed by atoms with Gasteiger partial charge in [-0.05, 0) is 42.2 Å². The molecule has 3 heteroatoms. The van der Waals surface area contributed by atoms with Gasteiger partial charge in [0.2, 0.25) is 5.91 Å². The second kappa shape index (κ2) is 6.93. The third-order valence-corrected chi connectivity index (χ3v) is 3.53. The van der Waals surface area contributed by atoms with Crippen LogP contribution < -0.4 is 10.6 Å². The lowest BCUT2D eigenvalue weighted by Gasteiger charge is -2.14. The fourth-order valence-corrected chi connectivity index (χ4v) is 2.36. The van der Waals surface area contributed by atoms with Crippen LogP contribution in [0.3, 0.4) is 0 Å². The molecule has 0 aromatic heterocycles. The monoisotopic (exact) mass is 282 g/mol. The molecule has 2 N–H and O–H groups in total. The summed E-state index contributed by atoms with van der Waals surface area (Å²) in [5.74, 6) is -0.0545. The molecule has 2 rings (SSSR count). The molecule has 2 aromatic rings. The van der Waals surface area contributed by atoms with Gasteiger partial charge in [0.25, 0.3) is 0 Å². The molecule has 0 saturated carbocycles. The maximum Gasteiger partial charge on any atom is 0.221 e. The predicted octanol–water partition coefficient (Wildman–Crippen LogP) is 4.13. The van der Waals surface area contributed by atoms with Crippen LogP contribution in [0.25, 0.3) is 0 Å². The van der Waals surface area contributed by atoms with Crippen LogP contribution in [0.5, 0.6) is 0 Å². The lowest BCUT2D eigenvalue weighted by Crippen LogP contribution is -2.07. The molecule has 1 amide bonds. The van der Waals surface area contributed by atoms with Crippen LogP contribution in [-0.4, -0.2) is 5.91 Å². The molecule has 0 heterocycles. The van der Waals surface area contributed by atoms with E-state index in [9.17, 15) is 4.79 Å². The quantitative estimate of drug-likeness (QED) is 0.865. The first-order chi connectivity index (χ1) is 10.1. The number of carbonyl (C=O) groups is 1. The van der Waals surface area contributed by atoms with Crippen molar-refractivity contribution in [3.8, 4) is 0 Å². The third kappa shape index (κ3) is 4.09. The summed E-state index contributed by atoms with van der Waals surface area (Å²) in [6, 6.07) is 14.4. The molecule has 3 nitrogen and oxygen atoms in total. The Kier molecular flexibility index (Phi) is 4.99. The summed E-state index contributed by atoms with van der Waals surface area (Å²) >= 11 is 0. The smallest absolute Gasteiger partial charge is 0.221 e. The van der Waals surface area contributed by atoms with Gasteiger partial charge in [-0.2, -0.15) is 0 Å². The molecule has 0 unspecified atom stereocenters. The van der Waals surface area contributed by atoms with Crippen molar-refractivity contribution in [2.24, 2.45) is 0 Å². The summed E-state index contributed by atoms with van der Waals surface area (Å²) < 4.78 is 0. The number of carbonyl (C=O) groups excluding carboxylic acids is 1. The van der Waals surface area contributed by atoms with Gasteiger partial charge in [-0.1, -0.05) is 37.3 Å². The van der Waals surface area contributed by atoms with E-state index < -0.39 is 0 Å². The van der Waals surface area contributed by atoms with E-state index in [0.717, 1.165) is 29.9 Å². The Morgan fingerprint density at radius 1 is 1.10 bits per heavy atom. The summed E-state index contributed by atoms with van der Waals surface area (Å²) in [6.07, 6.45) is 1.03. The first-order valence-corrected chi connectivity index (χ1v) is 7.29. The minimum absolute atomic E-state index is 0.0545. The normalized spacial score (nSPS) is 10.2. The third-order valence-electron chi connectivity index (χ3n) is 3.53. The van der Waals surface area contributed by atoms with Crippen molar-refractivity contribution < 1.29 is 4.79 Å². The van der Waals surface area contributed by atoms with Gasteiger partial charge in [-0.15, -0.1) is 0 Å². The van der Waals surface area contributed by atoms with Gasteiger partial charge < -0.3 is 10.6 Å². The van der Waals surface area contributed by atoms with E-state index in [-0.39, 0.29) is 5.91 Å². The Bertz CT molecular complexity index is 635. The number of aryl methyl sites for hydroxylation is 2. The van der Waals surface area contributed by atoms with E-state index in [1.807, 2.05) is 18.2 Å². The first-order valence-electron chi connectivity index (χ1n) is 7.29. The lowest BCUT2D eigenvalue weighted by atomic mass is 10.1. The van der Waals surface area contributed by atoms with Gasteiger partial charge in [-0.3, -0.25) is 4.79 Å². The minimum atomic E-state index is -0.0545. The average Bonchev–Trinajstić information content (AvgIpc) is 2.47. The van der Waals surface area contributed by atoms with Crippen LogP contribution in [-0.2, 0) is 17.8 Å². The Balaban J connectivity index is 2.13. The topological polar surface area (TPSA) is 41.1 Å². The molecule has 0 bridgehead atoms. The Hall–Kier alpha value is -2.29. The number of benzene rings is 2. The van der Waals surface area contributed by atoms with Crippen molar-refractivity contribution in [1.29, 1.82) is 0 Å². The van der Waals surface area contributed by atoms with Gasteiger partial charge in [0, 0.05) is 24.8 Å². The molecule has 0 atom stereocenters. The van der Waals surface area contributed by atoms with E-state index in [1.165, 1.54) is 18.1 Å². The molecule has 0 aliphatic heterocycles. The molecule has 21 heavy (non-hydrogen) atoms. The van der Waals surface area contributed by atoms with Crippen LogP contribution in [0.2, 0.25) is 0 Å². The molecule has 110 valence electrons. The molecule has 0 fully saturated rings. The van der Waals surface area contributed by atoms with Crippen molar-refractivity contribution in [1.82, 2.24) is 0 Å². The number of hydrogen-bond acceptors (Lipinski definition) is 2. The fourth-order valence-electron chi connectivity index (χ4n) is 2.36. The Morgan fingerprint density at radius 2 is 1.81 bits per heavy atom. The molecule has 0 aliphatic rings. The lowest BCUT2D eigenvalue weighted by molar-refractivity contribution is -0.114. The highest BCUT2D eigenvalue weighted by Gasteiger charge is 2.04. The molecule has 0 saturated heterocycles. The zero-order chi connectivity index (χ0) is 15.2. The van der Waals surface area contributed by atoms with Gasteiger partial charge in [-0.25, -0.2) is 0 Å². The van der Waals surface area contributed by atoms with Gasteiger partial charge >= 0.3 is 0 Å². The zero-order valence-electron chi connectivity index (χ0n) is 12.9. The van der Waals surface area contributed by atoms with Crippen LogP contribution in [0, 0.1) is 6.92 Å². The molecule has 0 spiro atoms. The van der Waals surface area contributed by atoms with Crippen molar-refractivity contribution in [3.05, 3.63) is 59.2 Å². The highest BCUT2D eigenvalue weighted by molar-refractivity contribution is 5.89. The molecule has 2 aromatic carbocycles. The predicted molar refractivity (Wildman–Crippen MR) is 88.6 cm³/mol. The maximum absolute atomic E-state index is 11.1. The largest absolute Gasteiger partial charge is 0.381 e. The van der Waals surface area contributed by atoms with E-state index in [1.54, 1.807) is 0 Å². The fraction of sp³-hybridized carbons (Fsp3) is 0.278. The van der Waals surface area contributed by atoms with Crippen molar-refractivity contribution in [2.75, 3.05) is 10.6 Å². The molecule has 0 radical (unpaired) electrons. The number of rotatable bonds is 5. The average molecular weight is 282 g/mol. The zero-order valence-corrected chi connectivity index (χ0v) is 12.9. The summed E-state index contributed by atoms with van der Waals surface area (Å²) in [7, 11) is 0. The standard InChI is InChI=1S/C18H22N2O/c1-4-15-7-5-6-8-16(15)12-19-18-11-17(20-14(3)21)10-9-13(18)2/h5-11,19H,4,12H2,1-3H3,(H,20,21). The highest BCUT2D eigenvalue weighted by atomic mass is 16.1. The number of amides is 1. The summed E-state index contributed by atoms with van der Waals surface area (Å²) in [5.41, 5.74) is 5.70. The van der Waals surface area contributed by atoms with Gasteiger partial charge in [0.15, 0.2) is 0 Å². The minimum Gasteiger partial charge on any atom is -0.381 e. The number of anilines is 2. The summed E-state index contributed by atoms with van der Waals surface area (Å²) in [4.78, 5) is 11.1. The van der Waals surface area contributed by atoms with Crippen LogP contribution in [0.15, 0.2) is 42.5 Å². The van der Waals surface area contributed by atoms with Gasteiger partial charge in [0.05, 0.1) is 0 Å². The molecular formula is C18H22N2O. The second-order valence-corrected chi connectivity index (χ2v) is 5.19. The summed E-state index contributed by atoms with van der Waals surface area (Å²) in [6.45, 7) is 6.53. The molecular weight excluding hydrogens is 260 g/mol. The second-order valence-electron chi connectivity index (χ2n) is 5.19. The van der Waals surface area contributed by atoms with E-state index in [2.05, 4.69) is 48.7 Å². The number of nitrogens with one attached hydrogen (secondary N) is 2. The SMILES string of the molecule is CCc1ccccc1CNc1cc(NC(C)=O)ccc1C. The van der Waals surface area contributed by atoms with Crippen molar-refractivity contribution in [2.45, 2.75) is 33.7 Å². The highest BCUT2D eigenvalue weighted by Crippen LogP contribution is 2.21. The van der Waals surface area contributed by atoms with Crippen LogP contribution in [0.1, 0.15) is 30.5 Å². The van der Waals surface area contributed by atoms with Gasteiger partial charge in [0.1, 0.15) is 0 Å². The Morgan fingerprint density at radius 3 is 2.48 bits per heavy atom. The van der Waals surface area contributed by atoms with Crippen molar-refractivity contribution >= 4 is 17.3 Å². The van der Waals surface area contributed by atoms with Crippen LogP contribution >= 0.6 is 0 Å². The maximum atomic E-state index is 11.1. The van der Waals surface area contributed by atoms with Crippen LogP contribution in [0.4, 0.5) is 11.4 Å². The first kappa shape index (κ1) is 15.1. The van der Waals surface area contributed by atoms with E-state index in [4.69, 9.17) is 0 Å². The number of hydrogen-bond donors (Lipinski definition) is 2. The van der Waals surface area contributed by atoms with Crippen molar-refractivity contribution in [3.63, 3.8) is 0 Å². The van der Waals surface area contributed by atoms with E-state index >= 15 is 0 Å². The summed E-state index contributed by atoms with van der Waals surface area (Å²) in [5, 5.41) is 6.28.